The first-order valence-corrected chi connectivity index (χ1v) is 10.9. The average molecular weight is 401 g/mol. The van der Waals surface area contributed by atoms with E-state index in [1.165, 1.54) is 18.7 Å². The number of ether oxygens (including phenoxy) is 3. The maximum atomic E-state index is 12.1. The smallest absolute Gasteiger partial charge is 0.316 e. The predicted octanol–water partition coefficient (Wildman–Crippen LogP) is 1.21. The number of thioether (sulfide) groups is 1. The Morgan fingerprint density at radius 3 is 2.85 bits per heavy atom. The average Bonchev–Trinajstić information content (AvgIpc) is 3.18. The molecule has 2 heterocycles. The molecular weight excluding hydrogens is 382 g/mol. The van der Waals surface area contributed by atoms with Crippen LogP contribution in [-0.2, 0) is 24.2 Å². The van der Waals surface area contributed by atoms with Crippen molar-refractivity contribution in [3.63, 3.8) is 0 Å². The fourth-order valence-corrected chi connectivity index (χ4v) is 6.01. The number of hydrogen-bond acceptors (Lipinski definition) is 8. The predicted molar refractivity (Wildman–Crippen MR) is 96.3 cm³/mol. The topological polar surface area (TPSA) is 108 Å². The molecule has 26 heavy (non-hydrogen) atoms. The standard InChI is InChI=1S/C16H19NO7S2/c1-10(24-15(18)7-25-12-4-5-26(20,21)8-12)16(19)17-11-2-3-13-14(6-11)23-9-22-13/h2-3,6,10,12H,4-5,7-9H2,1H3,(H,17,19)/t10-,12+/m0/s1. The first-order valence-electron chi connectivity index (χ1n) is 8.04. The fraction of sp³-hybridized carbons (Fsp3) is 0.500. The highest BCUT2D eigenvalue weighted by molar-refractivity contribution is 8.02. The number of carbonyl (C=O) groups is 2. The molecular formula is C16H19NO7S2. The quantitative estimate of drug-likeness (QED) is 0.709. The van der Waals surface area contributed by atoms with E-state index in [1.807, 2.05) is 0 Å². The molecule has 0 spiro atoms. The Balaban J connectivity index is 1.44. The van der Waals surface area contributed by atoms with Crippen molar-refractivity contribution in [3.05, 3.63) is 18.2 Å². The molecule has 1 aromatic carbocycles. The van der Waals surface area contributed by atoms with Crippen molar-refractivity contribution in [2.24, 2.45) is 0 Å². The number of esters is 1. The van der Waals surface area contributed by atoms with Gasteiger partial charge in [0.25, 0.3) is 5.91 Å². The van der Waals surface area contributed by atoms with E-state index in [1.54, 1.807) is 18.2 Å². The zero-order valence-corrected chi connectivity index (χ0v) is 15.7. The van der Waals surface area contributed by atoms with Crippen molar-refractivity contribution >= 4 is 39.2 Å². The van der Waals surface area contributed by atoms with Crippen molar-refractivity contribution < 1.29 is 32.2 Å². The molecule has 1 saturated heterocycles. The largest absolute Gasteiger partial charge is 0.454 e. The molecule has 0 aliphatic carbocycles. The van der Waals surface area contributed by atoms with Crippen LogP contribution in [0.4, 0.5) is 5.69 Å². The van der Waals surface area contributed by atoms with Gasteiger partial charge in [0, 0.05) is 17.0 Å². The van der Waals surface area contributed by atoms with E-state index in [9.17, 15) is 18.0 Å². The molecule has 0 saturated carbocycles. The third kappa shape index (κ3) is 4.82. The van der Waals surface area contributed by atoms with Crippen molar-refractivity contribution in [2.75, 3.05) is 29.4 Å². The molecule has 0 radical (unpaired) electrons. The van der Waals surface area contributed by atoms with Gasteiger partial charge in [-0.15, -0.1) is 11.8 Å². The molecule has 1 amide bonds. The van der Waals surface area contributed by atoms with Gasteiger partial charge in [-0.05, 0) is 25.5 Å². The Morgan fingerprint density at radius 1 is 1.35 bits per heavy atom. The van der Waals surface area contributed by atoms with E-state index in [0.717, 1.165) is 0 Å². The lowest BCUT2D eigenvalue weighted by molar-refractivity contribution is -0.150. The summed E-state index contributed by atoms with van der Waals surface area (Å²) in [6.45, 7) is 1.62. The summed E-state index contributed by atoms with van der Waals surface area (Å²) in [5.41, 5.74) is 0.507. The van der Waals surface area contributed by atoms with Gasteiger partial charge in [0.15, 0.2) is 27.4 Å². The Bertz CT molecular complexity index is 809. The lowest BCUT2D eigenvalue weighted by Gasteiger charge is -2.14. The lowest BCUT2D eigenvalue weighted by atomic mass is 10.2. The highest BCUT2D eigenvalue weighted by atomic mass is 32.2. The van der Waals surface area contributed by atoms with E-state index in [-0.39, 0.29) is 29.3 Å². The van der Waals surface area contributed by atoms with E-state index in [4.69, 9.17) is 14.2 Å². The SMILES string of the molecule is C[C@H](OC(=O)CS[C@@H]1CCS(=O)(=O)C1)C(=O)Nc1ccc2c(c1)OCO2. The number of rotatable bonds is 6. The summed E-state index contributed by atoms with van der Waals surface area (Å²) in [6, 6.07) is 4.97. The molecule has 3 rings (SSSR count). The van der Waals surface area contributed by atoms with Crippen LogP contribution < -0.4 is 14.8 Å². The summed E-state index contributed by atoms with van der Waals surface area (Å²) in [7, 11) is -2.98. The number of benzene rings is 1. The Labute approximate surface area is 155 Å². The molecule has 2 aliphatic rings. The van der Waals surface area contributed by atoms with Gasteiger partial charge >= 0.3 is 5.97 Å². The second kappa shape index (κ2) is 7.75. The minimum atomic E-state index is -2.98. The third-order valence-corrected chi connectivity index (χ3v) is 7.20. The number of hydrogen-bond donors (Lipinski definition) is 1. The Hall–Kier alpha value is -1.94. The van der Waals surface area contributed by atoms with Crippen molar-refractivity contribution in [3.8, 4) is 11.5 Å². The first-order chi connectivity index (χ1) is 12.3. The van der Waals surface area contributed by atoms with Gasteiger partial charge in [0.05, 0.1) is 17.3 Å². The minimum absolute atomic E-state index is 0.0157. The molecule has 0 bridgehead atoms. The molecule has 10 heteroatoms. The zero-order chi connectivity index (χ0) is 18.7. The van der Waals surface area contributed by atoms with Gasteiger partial charge in [0.1, 0.15) is 0 Å². The number of sulfone groups is 1. The second-order valence-electron chi connectivity index (χ2n) is 6.03. The van der Waals surface area contributed by atoms with Crippen LogP contribution in [0.15, 0.2) is 18.2 Å². The number of anilines is 1. The van der Waals surface area contributed by atoms with E-state index in [0.29, 0.717) is 23.6 Å². The van der Waals surface area contributed by atoms with Gasteiger partial charge in [-0.3, -0.25) is 9.59 Å². The van der Waals surface area contributed by atoms with Crippen LogP contribution in [0.5, 0.6) is 11.5 Å². The van der Waals surface area contributed by atoms with Crippen LogP contribution in [0.25, 0.3) is 0 Å². The highest BCUT2D eigenvalue weighted by Gasteiger charge is 2.29. The molecule has 1 fully saturated rings. The molecule has 0 aromatic heterocycles. The summed E-state index contributed by atoms with van der Waals surface area (Å²) in [6.07, 6.45) is -0.429. The van der Waals surface area contributed by atoms with E-state index < -0.39 is 27.8 Å². The molecule has 1 aromatic rings. The molecule has 142 valence electrons. The Morgan fingerprint density at radius 2 is 2.12 bits per heavy atom. The fourth-order valence-electron chi connectivity index (χ4n) is 2.58. The summed E-state index contributed by atoms with van der Waals surface area (Å²) in [5.74, 6) is 0.392. The normalized spacial score (nSPS) is 21.2. The summed E-state index contributed by atoms with van der Waals surface area (Å²) < 4.78 is 38.3. The first kappa shape index (κ1) is 18.8. The molecule has 2 aliphatic heterocycles. The van der Waals surface area contributed by atoms with Crippen molar-refractivity contribution in [1.29, 1.82) is 0 Å². The van der Waals surface area contributed by atoms with Gasteiger partial charge in [-0.25, -0.2) is 8.42 Å². The van der Waals surface area contributed by atoms with Crippen molar-refractivity contribution in [1.82, 2.24) is 0 Å². The third-order valence-electron chi connectivity index (χ3n) is 3.95. The van der Waals surface area contributed by atoms with Gasteiger partial charge in [-0.2, -0.15) is 0 Å². The number of carbonyl (C=O) groups excluding carboxylic acids is 2. The number of nitrogens with one attached hydrogen (secondary N) is 1. The van der Waals surface area contributed by atoms with Crippen molar-refractivity contribution in [2.45, 2.75) is 24.7 Å². The molecule has 2 atom stereocenters. The molecule has 1 N–H and O–H groups in total. The summed E-state index contributed by atoms with van der Waals surface area (Å²) in [5, 5.41) is 2.55. The maximum absolute atomic E-state index is 12.1. The second-order valence-corrected chi connectivity index (χ2v) is 9.54. The summed E-state index contributed by atoms with van der Waals surface area (Å²) >= 11 is 1.25. The minimum Gasteiger partial charge on any atom is -0.454 e. The number of amides is 1. The van der Waals surface area contributed by atoms with Crippen LogP contribution in [0.2, 0.25) is 0 Å². The monoisotopic (exact) mass is 401 g/mol. The van der Waals surface area contributed by atoms with E-state index in [2.05, 4.69) is 5.32 Å². The molecule has 8 nitrogen and oxygen atoms in total. The highest BCUT2D eigenvalue weighted by Crippen LogP contribution is 2.34. The van der Waals surface area contributed by atoms with Crippen LogP contribution >= 0.6 is 11.8 Å². The molecule has 0 unspecified atom stereocenters. The van der Waals surface area contributed by atoms with Gasteiger partial charge < -0.3 is 19.5 Å². The summed E-state index contributed by atoms with van der Waals surface area (Å²) in [4.78, 5) is 24.0. The van der Waals surface area contributed by atoms with Crippen LogP contribution in [-0.4, -0.2) is 55.7 Å². The lowest BCUT2D eigenvalue weighted by Crippen LogP contribution is -2.30. The van der Waals surface area contributed by atoms with Crippen LogP contribution in [0, 0.1) is 0 Å². The zero-order valence-electron chi connectivity index (χ0n) is 14.1. The van der Waals surface area contributed by atoms with Gasteiger partial charge in [0.2, 0.25) is 6.79 Å². The van der Waals surface area contributed by atoms with Crippen LogP contribution in [0.3, 0.4) is 0 Å². The van der Waals surface area contributed by atoms with Crippen LogP contribution in [0.1, 0.15) is 13.3 Å². The number of fused-ring (bicyclic) bond motifs is 1. The van der Waals surface area contributed by atoms with E-state index >= 15 is 0 Å². The van der Waals surface area contributed by atoms with Gasteiger partial charge in [-0.1, -0.05) is 0 Å². The Kier molecular flexibility index (Phi) is 5.61. The maximum Gasteiger partial charge on any atom is 0.316 e.